The first-order chi connectivity index (χ1) is 10.7. The van der Waals surface area contributed by atoms with Crippen LogP contribution in [0.3, 0.4) is 0 Å². The summed E-state index contributed by atoms with van der Waals surface area (Å²) in [4.78, 5) is 0.237. The second kappa shape index (κ2) is 9.00. The molecule has 0 amide bonds. The molecule has 0 fully saturated rings. The van der Waals surface area contributed by atoms with Crippen LogP contribution in [-0.4, -0.2) is 41.3 Å². The number of sulfone groups is 1. The van der Waals surface area contributed by atoms with E-state index in [0.717, 1.165) is 12.7 Å². The van der Waals surface area contributed by atoms with E-state index in [2.05, 4.69) is 25.0 Å². The second-order valence-corrected chi connectivity index (χ2v) is 14.1. The molecule has 2 N–H and O–H groups in total. The predicted octanol–water partition coefficient (Wildman–Crippen LogP) is 2.90. The van der Waals surface area contributed by atoms with Crippen molar-refractivity contribution < 1.29 is 13.2 Å². The van der Waals surface area contributed by atoms with Crippen molar-refractivity contribution in [1.82, 2.24) is 5.32 Å². The van der Waals surface area contributed by atoms with E-state index in [1.165, 1.54) is 18.2 Å². The van der Waals surface area contributed by atoms with E-state index in [4.69, 9.17) is 10.1 Å². The lowest BCUT2D eigenvalue weighted by Gasteiger charge is -2.15. The summed E-state index contributed by atoms with van der Waals surface area (Å²) in [7, 11) is -4.53. The number of benzene rings is 1. The largest absolute Gasteiger partial charge is 0.369 e. The Balaban J connectivity index is 2.31. The van der Waals surface area contributed by atoms with Crippen LogP contribution in [0.2, 0.25) is 25.7 Å². The molecule has 0 aliphatic heterocycles. The van der Waals surface area contributed by atoms with E-state index in [1.54, 1.807) is 24.4 Å². The average molecular weight is 355 g/mol. The summed E-state index contributed by atoms with van der Waals surface area (Å²) in [6.45, 7) is 7.95. The molecule has 1 aromatic rings. The summed E-state index contributed by atoms with van der Waals surface area (Å²) < 4.78 is 29.6. The number of nitrogens with one attached hydrogen (secondary N) is 2. The number of allylic oxidation sites excluding steroid dienone is 1. The average Bonchev–Trinajstić information content (AvgIpc) is 2.45. The van der Waals surface area contributed by atoms with Crippen molar-refractivity contribution in [2.45, 2.75) is 30.6 Å². The Morgan fingerprint density at radius 2 is 1.91 bits per heavy atom. The molecule has 0 saturated heterocycles. The maximum Gasteiger partial charge on any atom is 0.184 e. The van der Waals surface area contributed by atoms with Gasteiger partial charge in [-0.25, -0.2) is 8.42 Å². The molecule has 0 saturated carbocycles. The first-order valence-corrected chi connectivity index (χ1v) is 12.9. The van der Waals surface area contributed by atoms with E-state index in [0.29, 0.717) is 6.73 Å². The van der Waals surface area contributed by atoms with E-state index < -0.39 is 17.9 Å². The van der Waals surface area contributed by atoms with E-state index in [1.807, 2.05) is 0 Å². The zero-order chi connectivity index (χ0) is 17.3. The Labute approximate surface area is 140 Å². The normalized spacial score (nSPS) is 12.5. The fourth-order valence-electron chi connectivity index (χ4n) is 1.68. The summed E-state index contributed by atoms with van der Waals surface area (Å²) in [6.07, 6.45) is 3.00. The maximum atomic E-state index is 12.1. The molecule has 0 aromatic heterocycles. The Morgan fingerprint density at radius 1 is 1.26 bits per heavy atom. The molecule has 0 heterocycles. The summed E-state index contributed by atoms with van der Waals surface area (Å²) in [5.74, 6) is -0.314. The zero-order valence-corrected chi connectivity index (χ0v) is 15.8. The lowest BCUT2D eigenvalue weighted by atomic mass is 10.4. The molecule has 0 spiro atoms. The first-order valence-electron chi connectivity index (χ1n) is 7.54. The minimum Gasteiger partial charge on any atom is -0.369 e. The van der Waals surface area contributed by atoms with E-state index in [-0.39, 0.29) is 16.4 Å². The van der Waals surface area contributed by atoms with Gasteiger partial charge in [0.1, 0.15) is 6.73 Å². The molecule has 128 valence electrons. The van der Waals surface area contributed by atoms with Gasteiger partial charge in [0, 0.05) is 26.6 Å². The highest BCUT2D eigenvalue weighted by molar-refractivity contribution is 7.92. The van der Waals surface area contributed by atoms with Gasteiger partial charge in [0.15, 0.2) is 9.84 Å². The van der Waals surface area contributed by atoms with Crippen LogP contribution < -0.4 is 5.32 Å². The third kappa shape index (κ3) is 8.68. The number of hydrogen-bond acceptors (Lipinski definition) is 5. The fourth-order valence-corrected chi connectivity index (χ4v) is 3.68. The lowest BCUT2D eigenvalue weighted by Crippen LogP contribution is -2.23. The standard InChI is InChI=1S/C16H26N2O3SSi/c1-23(2,3)12-11-21-14-18-10-9-15(17)13-22(19,20)16-7-5-4-6-8-16/h4-10,17-18H,11-14H2,1-3H3/b10-9-,17-15?. The van der Waals surface area contributed by atoms with Crippen LogP contribution >= 0.6 is 0 Å². The summed E-state index contributed by atoms with van der Waals surface area (Å²) in [5.41, 5.74) is 0.0310. The van der Waals surface area contributed by atoms with Crippen LogP contribution in [0.15, 0.2) is 47.5 Å². The highest BCUT2D eigenvalue weighted by Crippen LogP contribution is 2.10. The van der Waals surface area contributed by atoms with Crippen molar-refractivity contribution in [2.75, 3.05) is 19.1 Å². The van der Waals surface area contributed by atoms with Crippen LogP contribution in [0, 0.1) is 5.41 Å². The van der Waals surface area contributed by atoms with Crippen molar-refractivity contribution in [1.29, 1.82) is 5.41 Å². The first kappa shape index (κ1) is 19.6. The monoisotopic (exact) mass is 354 g/mol. The maximum absolute atomic E-state index is 12.1. The molecule has 0 aliphatic carbocycles. The van der Waals surface area contributed by atoms with Crippen LogP contribution in [-0.2, 0) is 14.6 Å². The van der Waals surface area contributed by atoms with Crippen LogP contribution in [0.1, 0.15) is 0 Å². The van der Waals surface area contributed by atoms with Gasteiger partial charge in [0.05, 0.1) is 10.6 Å². The minimum atomic E-state index is -3.46. The SMILES string of the molecule is C[Si](C)(C)CCOCN/C=C\C(=N)CS(=O)(=O)c1ccccc1. The Hall–Kier alpha value is -1.44. The third-order valence-electron chi connectivity index (χ3n) is 3.03. The highest BCUT2D eigenvalue weighted by Gasteiger charge is 2.15. The van der Waals surface area contributed by atoms with Gasteiger partial charge in [0.25, 0.3) is 0 Å². The number of ether oxygens (including phenoxy) is 1. The third-order valence-corrected chi connectivity index (χ3v) is 6.42. The van der Waals surface area contributed by atoms with Crippen molar-refractivity contribution >= 4 is 23.6 Å². The van der Waals surface area contributed by atoms with Gasteiger partial charge < -0.3 is 15.5 Å². The van der Waals surface area contributed by atoms with Gasteiger partial charge in [0.2, 0.25) is 0 Å². The summed E-state index contributed by atoms with van der Waals surface area (Å²) >= 11 is 0. The van der Waals surface area contributed by atoms with Crippen molar-refractivity contribution in [3.8, 4) is 0 Å². The van der Waals surface area contributed by atoms with Gasteiger partial charge in [-0.1, -0.05) is 37.8 Å². The van der Waals surface area contributed by atoms with Crippen LogP contribution in [0.4, 0.5) is 0 Å². The second-order valence-electron chi connectivity index (χ2n) is 6.50. The van der Waals surface area contributed by atoms with Gasteiger partial charge in [-0.3, -0.25) is 0 Å². The molecule has 1 rings (SSSR count). The van der Waals surface area contributed by atoms with Crippen LogP contribution in [0.5, 0.6) is 0 Å². The predicted molar refractivity (Wildman–Crippen MR) is 97.5 cm³/mol. The quantitative estimate of drug-likeness (QED) is 0.293. The molecule has 23 heavy (non-hydrogen) atoms. The molecular weight excluding hydrogens is 328 g/mol. The molecule has 7 heteroatoms. The fraction of sp³-hybridized carbons (Fsp3) is 0.438. The minimum absolute atomic E-state index is 0.0310. The van der Waals surface area contributed by atoms with Gasteiger partial charge >= 0.3 is 0 Å². The van der Waals surface area contributed by atoms with Gasteiger partial charge in [-0.2, -0.15) is 0 Å². The van der Waals surface area contributed by atoms with Crippen molar-refractivity contribution in [3.63, 3.8) is 0 Å². The molecule has 0 aliphatic rings. The Kier molecular flexibility index (Phi) is 7.67. The molecule has 5 nitrogen and oxygen atoms in total. The molecule has 0 unspecified atom stereocenters. The topological polar surface area (TPSA) is 79.2 Å². The van der Waals surface area contributed by atoms with E-state index >= 15 is 0 Å². The Bertz CT molecular complexity index is 622. The van der Waals surface area contributed by atoms with Crippen LogP contribution in [0.25, 0.3) is 0 Å². The van der Waals surface area contributed by atoms with E-state index in [9.17, 15) is 8.42 Å². The van der Waals surface area contributed by atoms with Crippen molar-refractivity contribution in [3.05, 3.63) is 42.6 Å². The van der Waals surface area contributed by atoms with Gasteiger partial charge in [-0.05, 0) is 24.3 Å². The lowest BCUT2D eigenvalue weighted by molar-refractivity contribution is 0.137. The molecule has 0 radical (unpaired) electrons. The molecule has 0 bridgehead atoms. The number of rotatable bonds is 10. The zero-order valence-electron chi connectivity index (χ0n) is 14.0. The Morgan fingerprint density at radius 3 is 2.52 bits per heavy atom. The molecule has 1 aromatic carbocycles. The smallest absolute Gasteiger partial charge is 0.184 e. The highest BCUT2D eigenvalue weighted by atomic mass is 32.2. The number of hydrogen-bond donors (Lipinski definition) is 2. The van der Waals surface area contributed by atoms with Gasteiger partial charge in [-0.15, -0.1) is 0 Å². The van der Waals surface area contributed by atoms with Crippen molar-refractivity contribution in [2.24, 2.45) is 0 Å². The molecule has 0 atom stereocenters. The molecular formula is C16H26N2O3SSi. The summed E-state index contributed by atoms with van der Waals surface area (Å²) in [5, 5.41) is 10.7. The summed E-state index contributed by atoms with van der Waals surface area (Å²) in [6, 6.07) is 9.28.